The van der Waals surface area contributed by atoms with E-state index >= 15 is 0 Å². The molecule has 0 amide bonds. The zero-order chi connectivity index (χ0) is 11.5. The molecule has 0 N–H and O–H groups in total. The Labute approximate surface area is 98.1 Å². The molecule has 92 valence electrons. The summed E-state index contributed by atoms with van der Waals surface area (Å²) in [6, 6.07) is 0. The highest BCUT2D eigenvalue weighted by molar-refractivity contribution is 5.82. The standard InChI is InChI=1S/C13H23NO2/c1-10(2)13(15)12-3-5-14(6-4-12)7-11-8-16-9-11/h10-12H,3-9H2,1-2H3. The number of nitrogens with zero attached hydrogens (tertiary/aromatic N) is 1. The molecule has 0 aromatic heterocycles. The number of hydrogen-bond acceptors (Lipinski definition) is 3. The number of hydrogen-bond donors (Lipinski definition) is 0. The monoisotopic (exact) mass is 225 g/mol. The van der Waals surface area contributed by atoms with E-state index in [9.17, 15) is 4.79 Å². The smallest absolute Gasteiger partial charge is 0.138 e. The van der Waals surface area contributed by atoms with Crippen LogP contribution >= 0.6 is 0 Å². The Morgan fingerprint density at radius 1 is 1.31 bits per heavy atom. The van der Waals surface area contributed by atoms with Gasteiger partial charge in [-0.2, -0.15) is 0 Å². The van der Waals surface area contributed by atoms with Crippen LogP contribution in [-0.4, -0.2) is 43.5 Å². The van der Waals surface area contributed by atoms with E-state index in [1.54, 1.807) is 0 Å². The highest BCUT2D eigenvalue weighted by Crippen LogP contribution is 2.23. The van der Waals surface area contributed by atoms with E-state index in [1.807, 2.05) is 13.8 Å². The zero-order valence-electron chi connectivity index (χ0n) is 10.4. The maximum absolute atomic E-state index is 11.9. The van der Waals surface area contributed by atoms with Crippen molar-refractivity contribution >= 4 is 5.78 Å². The molecule has 2 aliphatic rings. The molecule has 2 saturated heterocycles. The molecule has 0 aliphatic carbocycles. The lowest BCUT2D eigenvalue weighted by Crippen LogP contribution is -2.44. The fraction of sp³-hybridized carbons (Fsp3) is 0.923. The first kappa shape index (κ1) is 12.1. The summed E-state index contributed by atoms with van der Waals surface area (Å²) >= 11 is 0. The first-order chi connectivity index (χ1) is 7.66. The summed E-state index contributed by atoms with van der Waals surface area (Å²) in [5.74, 6) is 1.74. The molecule has 2 rings (SSSR count). The van der Waals surface area contributed by atoms with Crippen LogP contribution in [0.3, 0.4) is 0 Å². The Bertz CT molecular complexity index is 240. The average Bonchev–Trinajstić information content (AvgIpc) is 2.23. The second-order valence-corrected chi connectivity index (χ2v) is 5.54. The molecule has 0 saturated carbocycles. The summed E-state index contributed by atoms with van der Waals surface area (Å²) in [6.45, 7) is 9.26. The van der Waals surface area contributed by atoms with Crippen LogP contribution < -0.4 is 0 Å². The van der Waals surface area contributed by atoms with Gasteiger partial charge in [-0.3, -0.25) is 4.79 Å². The number of rotatable bonds is 4. The molecule has 0 radical (unpaired) electrons. The number of ketones is 1. The largest absolute Gasteiger partial charge is 0.381 e. The lowest BCUT2D eigenvalue weighted by atomic mass is 9.87. The Hall–Kier alpha value is -0.410. The predicted octanol–water partition coefficient (Wildman–Crippen LogP) is 1.57. The summed E-state index contributed by atoms with van der Waals surface area (Å²) in [5.41, 5.74) is 0. The zero-order valence-corrected chi connectivity index (χ0v) is 10.4. The molecule has 0 aromatic carbocycles. The molecule has 2 aliphatic heterocycles. The Balaban J connectivity index is 1.71. The van der Waals surface area contributed by atoms with Crippen LogP contribution in [0, 0.1) is 17.8 Å². The quantitative estimate of drug-likeness (QED) is 0.727. The molecule has 0 unspecified atom stereocenters. The third-order valence-corrected chi connectivity index (χ3v) is 3.78. The Kier molecular flexibility index (Phi) is 3.98. The molecular formula is C13H23NO2. The molecular weight excluding hydrogens is 202 g/mol. The summed E-state index contributed by atoms with van der Waals surface area (Å²) < 4.78 is 5.19. The third-order valence-electron chi connectivity index (χ3n) is 3.78. The van der Waals surface area contributed by atoms with E-state index in [4.69, 9.17) is 4.74 Å². The number of carbonyl (C=O) groups is 1. The normalized spacial score (nSPS) is 24.7. The van der Waals surface area contributed by atoms with Gasteiger partial charge in [-0.05, 0) is 25.9 Å². The Morgan fingerprint density at radius 2 is 1.94 bits per heavy atom. The first-order valence-electron chi connectivity index (χ1n) is 6.50. The molecule has 3 heteroatoms. The number of Topliss-reactive ketones (excluding diaryl/α,β-unsaturated/α-hetero) is 1. The fourth-order valence-corrected chi connectivity index (χ4v) is 2.63. The van der Waals surface area contributed by atoms with E-state index in [0.29, 0.717) is 11.7 Å². The maximum atomic E-state index is 11.9. The highest BCUT2D eigenvalue weighted by Gasteiger charge is 2.28. The molecule has 2 heterocycles. The molecule has 2 fully saturated rings. The van der Waals surface area contributed by atoms with Crippen LogP contribution in [0.15, 0.2) is 0 Å². The molecule has 3 nitrogen and oxygen atoms in total. The van der Waals surface area contributed by atoms with Crippen LogP contribution in [0.1, 0.15) is 26.7 Å². The maximum Gasteiger partial charge on any atom is 0.138 e. The number of likely N-dealkylation sites (tertiary alicyclic amines) is 1. The van der Waals surface area contributed by atoms with Gasteiger partial charge in [0, 0.05) is 24.3 Å². The van der Waals surface area contributed by atoms with E-state index in [1.165, 1.54) is 6.54 Å². The van der Waals surface area contributed by atoms with E-state index in [0.717, 1.165) is 45.1 Å². The molecule has 16 heavy (non-hydrogen) atoms. The molecule has 0 atom stereocenters. The van der Waals surface area contributed by atoms with Gasteiger partial charge in [0.1, 0.15) is 5.78 Å². The van der Waals surface area contributed by atoms with Crippen LogP contribution in [0.5, 0.6) is 0 Å². The van der Waals surface area contributed by atoms with Gasteiger partial charge in [-0.15, -0.1) is 0 Å². The summed E-state index contributed by atoms with van der Waals surface area (Å²) in [6.07, 6.45) is 2.12. The van der Waals surface area contributed by atoms with Crippen LogP contribution in [0.25, 0.3) is 0 Å². The summed E-state index contributed by atoms with van der Waals surface area (Å²) in [5, 5.41) is 0. The van der Waals surface area contributed by atoms with Crippen LogP contribution in [-0.2, 0) is 9.53 Å². The second kappa shape index (κ2) is 5.28. The molecule has 0 spiro atoms. The van der Waals surface area contributed by atoms with E-state index < -0.39 is 0 Å². The lowest BCUT2D eigenvalue weighted by molar-refractivity contribution is -0.127. The van der Waals surface area contributed by atoms with Crippen molar-refractivity contribution in [3.8, 4) is 0 Å². The molecule has 0 aromatic rings. The van der Waals surface area contributed by atoms with Crippen LogP contribution in [0.4, 0.5) is 0 Å². The van der Waals surface area contributed by atoms with Gasteiger partial charge in [0.25, 0.3) is 0 Å². The number of ether oxygens (including phenoxy) is 1. The van der Waals surface area contributed by atoms with Crippen molar-refractivity contribution in [2.45, 2.75) is 26.7 Å². The van der Waals surface area contributed by atoms with E-state index in [-0.39, 0.29) is 5.92 Å². The number of piperidine rings is 1. The average molecular weight is 225 g/mol. The minimum Gasteiger partial charge on any atom is -0.381 e. The van der Waals surface area contributed by atoms with Gasteiger partial charge < -0.3 is 9.64 Å². The van der Waals surface area contributed by atoms with Crippen LogP contribution in [0.2, 0.25) is 0 Å². The minimum atomic E-state index is 0.205. The van der Waals surface area contributed by atoms with Gasteiger partial charge in [-0.1, -0.05) is 13.8 Å². The topological polar surface area (TPSA) is 29.5 Å². The predicted molar refractivity (Wildman–Crippen MR) is 63.3 cm³/mol. The SMILES string of the molecule is CC(C)C(=O)C1CCN(CC2COC2)CC1. The van der Waals surface area contributed by atoms with Crippen molar-refractivity contribution < 1.29 is 9.53 Å². The van der Waals surface area contributed by atoms with Crippen molar-refractivity contribution in [3.63, 3.8) is 0 Å². The van der Waals surface area contributed by atoms with Gasteiger partial charge in [-0.25, -0.2) is 0 Å². The Morgan fingerprint density at radius 3 is 2.38 bits per heavy atom. The van der Waals surface area contributed by atoms with Crippen molar-refractivity contribution in [1.29, 1.82) is 0 Å². The van der Waals surface area contributed by atoms with Gasteiger partial charge in [0.2, 0.25) is 0 Å². The first-order valence-corrected chi connectivity index (χ1v) is 6.50. The second-order valence-electron chi connectivity index (χ2n) is 5.54. The van der Waals surface area contributed by atoms with Gasteiger partial charge >= 0.3 is 0 Å². The third kappa shape index (κ3) is 2.83. The van der Waals surface area contributed by atoms with Crippen molar-refractivity contribution in [3.05, 3.63) is 0 Å². The van der Waals surface area contributed by atoms with Gasteiger partial charge in [0.15, 0.2) is 0 Å². The van der Waals surface area contributed by atoms with E-state index in [2.05, 4.69) is 4.90 Å². The minimum absolute atomic E-state index is 0.205. The summed E-state index contributed by atoms with van der Waals surface area (Å²) in [4.78, 5) is 14.4. The fourth-order valence-electron chi connectivity index (χ4n) is 2.63. The van der Waals surface area contributed by atoms with Crippen molar-refractivity contribution in [1.82, 2.24) is 4.90 Å². The summed E-state index contributed by atoms with van der Waals surface area (Å²) in [7, 11) is 0. The van der Waals surface area contributed by atoms with Crippen molar-refractivity contribution in [2.24, 2.45) is 17.8 Å². The number of carbonyl (C=O) groups excluding carboxylic acids is 1. The molecule has 0 bridgehead atoms. The lowest BCUT2D eigenvalue weighted by Gasteiger charge is -2.36. The van der Waals surface area contributed by atoms with Crippen molar-refractivity contribution in [2.75, 3.05) is 32.8 Å². The highest BCUT2D eigenvalue weighted by atomic mass is 16.5. The van der Waals surface area contributed by atoms with Gasteiger partial charge in [0.05, 0.1) is 13.2 Å².